The number of hydrogen-bond donors (Lipinski definition) is 1. The molecule has 0 amide bonds. The third kappa shape index (κ3) is 4.60. The first-order valence-corrected chi connectivity index (χ1v) is 5.34. The molecule has 15 heavy (non-hydrogen) atoms. The highest BCUT2D eigenvalue weighted by molar-refractivity contribution is 6.30. The summed E-state index contributed by atoms with van der Waals surface area (Å²) < 4.78 is 18.5. The molecule has 0 aliphatic rings. The molecule has 0 atom stereocenters. The maximum absolute atomic E-state index is 13.2. The van der Waals surface area contributed by atoms with Gasteiger partial charge in [0.05, 0.1) is 13.2 Å². The van der Waals surface area contributed by atoms with Crippen LogP contribution in [0.1, 0.15) is 12.5 Å². The van der Waals surface area contributed by atoms with E-state index in [2.05, 4.69) is 5.32 Å². The van der Waals surface area contributed by atoms with Crippen LogP contribution in [-0.2, 0) is 11.3 Å². The number of likely N-dealkylation sites (N-methyl/N-ethyl adjacent to an activating group) is 1. The van der Waals surface area contributed by atoms with Crippen molar-refractivity contribution in [2.75, 3.05) is 19.7 Å². The Hall–Kier alpha value is -0.640. The van der Waals surface area contributed by atoms with E-state index in [1.54, 1.807) is 6.07 Å². The largest absolute Gasteiger partial charge is 0.375 e. The molecule has 1 N–H and O–H groups in total. The van der Waals surface area contributed by atoms with E-state index < -0.39 is 0 Å². The van der Waals surface area contributed by atoms with Crippen LogP contribution in [0.15, 0.2) is 18.2 Å². The fraction of sp³-hybridized carbons (Fsp3) is 0.455. The molecule has 0 saturated heterocycles. The first kappa shape index (κ1) is 12.4. The minimum absolute atomic E-state index is 0.262. The molecule has 0 fully saturated rings. The number of hydrogen-bond acceptors (Lipinski definition) is 2. The van der Waals surface area contributed by atoms with Crippen molar-refractivity contribution in [2.24, 2.45) is 0 Å². The van der Waals surface area contributed by atoms with Gasteiger partial charge in [0.1, 0.15) is 5.82 Å². The van der Waals surface area contributed by atoms with E-state index in [1.165, 1.54) is 12.1 Å². The van der Waals surface area contributed by atoms with Gasteiger partial charge in [-0.15, -0.1) is 0 Å². The van der Waals surface area contributed by atoms with Crippen molar-refractivity contribution in [1.82, 2.24) is 5.32 Å². The average Bonchev–Trinajstić information content (AvgIpc) is 2.23. The van der Waals surface area contributed by atoms with Gasteiger partial charge in [-0.3, -0.25) is 0 Å². The number of ether oxygens (including phenoxy) is 1. The molecule has 0 heterocycles. The minimum atomic E-state index is -0.275. The van der Waals surface area contributed by atoms with Crippen LogP contribution in [0.3, 0.4) is 0 Å². The van der Waals surface area contributed by atoms with Crippen LogP contribution in [0.5, 0.6) is 0 Å². The summed E-state index contributed by atoms with van der Waals surface area (Å²) in [6.45, 7) is 4.54. The molecule has 0 aliphatic carbocycles. The number of nitrogens with one attached hydrogen (secondary N) is 1. The summed E-state index contributed by atoms with van der Waals surface area (Å²) in [6.07, 6.45) is 0. The van der Waals surface area contributed by atoms with Crippen LogP contribution in [0.25, 0.3) is 0 Å². The maximum Gasteiger partial charge on any atom is 0.128 e. The molecular weight excluding hydrogens is 217 g/mol. The molecule has 2 nitrogen and oxygen atoms in total. The molecule has 0 unspecified atom stereocenters. The molecule has 1 rings (SSSR count). The van der Waals surface area contributed by atoms with Gasteiger partial charge in [-0.05, 0) is 24.7 Å². The van der Waals surface area contributed by atoms with E-state index in [4.69, 9.17) is 16.3 Å². The van der Waals surface area contributed by atoms with Gasteiger partial charge < -0.3 is 10.1 Å². The zero-order valence-electron chi connectivity index (χ0n) is 8.72. The van der Waals surface area contributed by atoms with Crippen LogP contribution in [0, 0.1) is 5.82 Å². The normalized spacial score (nSPS) is 10.6. The fourth-order valence-electron chi connectivity index (χ4n) is 1.16. The van der Waals surface area contributed by atoms with Crippen molar-refractivity contribution in [3.63, 3.8) is 0 Å². The summed E-state index contributed by atoms with van der Waals surface area (Å²) in [7, 11) is 0. The highest BCUT2D eigenvalue weighted by atomic mass is 35.5. The standard InChI is InChI=1S/C11H15ClFNO/c1-2-14-5-6-15-8-9-7-10(12)3-4-11(9)13/h3-4,7,14H,2,5-6,8H2,1H3. The first-order valence-electron chi connectivity index (χ1n) is 4.96. The van der Waals surface area contributed by atoms with Crippen molar-refractivity contribution in [3.8, 4) is 0 Å². The lowest BCUT2D eigenvalue weighted by atomic mass is 10.2. The van der Waals surface area contributed by atoms with Gasteiger partial charge in [-0.25, -0.2) is 4.39 Å². The quantitative estimate of drug-likeness (QED) is 0.760. The molecule has 0 saturated carbocycles. The van der Waals surface area contributed by atoms with Crippen LogP contribution in [-0.4, -0.2) is 19.7 Å². The van der Waals surface area contributed by atoms with E-state index in [-0.39, 0.29) is 12.4 Å². The SMILES string of the molecule is CCNCCOCc1cc(Cl)ccc1F. The fourth-order valence-corrected chi connectivity index (χ4v) is 1.35. The Morgan fingerprint density at radius 3 is 3.00 bits per heavy atom. The lowest BCUT2D eigenvalue weighted by Gasteiger charge is -2.06. The molecule has 0 radical (unpaired) electrons. The third-order valence-electron chi connectivity index (χ3n) is 1.94. The van der Waals surface area contributed by atoms with Crippen molar-refractivity contribution >= 4 is 11.6 Å². The second-order valence-electron chi connectivity index (χ2n) is 3.14. The van der Waals surface area contributed by atoms with Gasteiger partial charge in [0, 0.05) is 17.1 Å². The average molecular weight is 232 g/mol. The Morgan fingerprint density at radius 2 is 2.27 bits per heavy atom. The summed E-state index contributed by atoms with van der Waals surface area (Å²) in [5, 5.41) is 3.65. The molecule has 0 spiro atoms. The van der Waals surface area contributed by atoms with Gasteiger partial charge in [-0.1, -0.05) is 18.5 Å². The summed E-state index contributed by atoms with van der Waals surface area (Å²) in [5.74, 6) is -0.275. The molecular formula is C11H15ClFNO. The Morgan fingerprint density at radius 1 is 1.47 bits per heavy atom. The lowest BCUT2D eigenvalue weighted by molar-refractivity contribution is 0.120. The first-order chi connectivity index (χ1) is 7.24. The molecule has 1 aromatic rings. The van der Waals surface area contributed by atoms with Crippen LogP contribution >= 0.6 is 11.6 Å². The number of rotatable bonds is 6. The van der Waals surface area contributed by atoms with Gasteiger partial charge in [0.15, 0.2) is 0 Å². The van der Waals surface area contributed by atoms with Crippen LogP contribution in [0.2, 0.25) is 5.02 Å². The Bertz CT molecular complexity index is 307. The van der Waals surface area contributed by atoms with E-state index in [0.29, 0.717) is 17.2 Å². The van der Waals surface area contributed by atoms with Crippen LogP contribution in [0.4, 0.5) is 4.39 Å². The lowest BCUT2D eigenvalue weighted by Crippen LogP contribution is -2.18. The highest BCUT2D eigenvalue weighted by Gasteiger charge is 2.02. The van der Waals surface area contributed by atoms with E-state index in [1.807, 2.05) is 6.92 Å². The molecule has 4 heteroatoms. The zero-order chi connectivity index (χ0) is 11.1. The second kappa shape index (κ2) is 6.77. The van der Waals surface area contributed by atoms with E-state index >= 15 is 0 Å². The van der Waals surface area contributed by atoms with Gasteiger partial charge >= 0.3 is 0 Å². The number of halogens is 2. The Labute approximate surface area is 94.4 Å². The Balaban J connectivity index is 2.33. The van der Waals surface area contributed by atoms with Gasteiger partial charge in [0.2, 0.25) is 0 Å². The summed E-state index contributed by atoms with van der Waals surface area (Å²) in [5.41, 5.74) is 0.499. The zero-order valence-corrected chi connectivity index (χ0v) is 9.48. The van der Waals surface area contributed by atoms with Crippen molar-refractivity contribution in [3.05, 3.63) is 34.6 Å². The summed E-state index contributed by atoms with van der Waals surface area (Å²) in [4.78, 5) is 0. The Kier molecular flexibility index (Phi) is 5.61. The predicted octanol–water partition coefficient (Wildman–Crippen LogP) is 2.61. The van der Waals surface area contributed by atoms with E-state index in [0.717, 1.165) is 13.1 Å². The maximum atomic E-state index is 13.2. The van der Waals surface area contributed by atoms with Gasteiger partial charge in [-0.2, -0.15) is 0 Å². The molecule has 1 aromatic carbocycles. The van der Waals surface area contributed by atoms with E-state index in [9.17, 15) is 4.39 Å². The van der Waals surface area contributed by atoms with Gasteiger partial charge in [0.25, 0.3) is 0 Å². The summed E-state index contributed by atoms with van der Waals surface area (Å²) in [6, 6.07) is 4.47. The second-order valence-corrected chi connectivity index (χ2v) is 3.58. The molecule has 0 aliphatic heterocycles. The van der Waals surface area contributed by atoms with Crippen molar-refractivity contribution in [1.29, 1.82) is 0 Å². The number of benzene rings is 1. The van der Waals surface area contributed by atoms with Crippen LogP contribution < -0.4 is 5.32 Å². The smallest absolute Gasteiger partial charge is 0.128 e. The highest BCUT2D eigenvalue weighted by Crippen LogP contribution is 2.15. The molecule has 0 aromatic heterocycles. The third-order valence-corrected chi connectivity index (χ3v) is 2.17. The summed E-state index contributed by atoms with van der Waals surface area (Å²) >= 11 is 5.74. The van der Waals surface area contributed by atoms with Crippen molar-refractivity contribution < 1.29 is 9.13 Å². The van der Waals surface area contributed by atoms with Crippen molar-refractivity contribution in [2.45, 2.75) is 13.5 Å². The minimum Gasteiger partial charge on any atom is -0.375 e. The molecule has 0 bridgehead atoms. The topological polar surface area (TPSA) is 21.3 Å². The monoisotopic (exact) mass is 231 g/mol. The molecule has 84 valence electrons. The predicted molar refractivity (Wildman–Crippen MR) is 59.6 cm³/mol.